The quantitative estimate of drug-likeness (QED) is 0.264. The number of barbiturate groups is 1. The number of carbonyl (C=O) groups excluding carboxylic acids is 3. The summed E-state index contributed by atoms with van der Waals surface area (Å²) >= 11 is 4.29. The summed E-state index contributed by atoms with van der Waals surface area (Å²) in [5.74, 6) is -0.777. The van der Waals surface area contributed by atoms with Gasteiger partial charge in [0.05, 0.1) is 10.2 Å². The van der Waals surface area contributed by atoms with E-state index in [-0.39, 0.29) is 12.1 Å². The van der Waals surface area contributed by atoms with Gasteiger partial charge in [-0.1, -0.05) is 6.08 Å². The Balaban J connectivity index is 2.53. The van der Waals surface area contributed by atoms with E-state index in [4.69, 9.17) is 4.74 Å². The summed E-state index contributed by atoms with van der Waals surface area (Å²) in [6.07, 6.45) is 2.88. The fraction of sp³-hybridized carbons (Fsp3) is 0.188. The Hall–Kier alpha value is -1.43. The summed E-state index contributed by atoms with van der Waals surface area (Å²) in [7, 11) is 0. The van der Waals surface area contributed by atoms with Crippen molar-refractivity contribution in [2.45, 2.75) is 6.92 Å². The molecule has 0 unspecified atom stereocenters. The lowest BCUT2D eigenvalue weighted by atomic mass is 10.1. The van der Waals surface area contributed by atoms with Crippen molar-refractivity contribution >= 4 is 69.1 Å². The van der Waals surface area contributed by atoms with Gasteiger partial charge in [-0.3, -0.25) is 19.8 Å². The molecule has 1 N–H and O–H groups in total. The third kappa shape index (κ3) is 3.97. The molecule has 0 saturated carbocycles. The summed E-state index contributed by atoms with van der Waals surface area (Å²) in [5, 5.41) is 2.16. The van der Waals surface area contributed by atoms with Crippen LogP contribution in [0.1, 0.15) is 12.5 Å². The molecule has 4 amide bonds. The summed E-state index contributed by atoms with van der Waals surface area (Å²) in [5.41, 5.74) is 0.495. The standard InChI is InChI=1S/C16H14I2N2O4/c1-3-5-20-15(22)11(14(21)19-16(20)23)7-9-6-10(17)8-12(18)13(9)24-4-2/h3,6-8H,1,4-5H2,2H3,(H,19,21,23). The second-order valence-corrected chi connectivity index (χ2v) is 7.17. The Morgan fingerprint density at radius 3 is 2.62 bits per heavy atom. The highest BCUT2D eigenvalue weighted by molar-refractivity contribution is 14.1. The zero-order valence-electron chi connectivity index (χ0n) is 12.8. The number of amides is 4. The molecule has 0 aromatic heterocycles. The van der Waals surface area contributed by atoms with E-state index in [1.807, 2.05) is 19.1 Å². The smallest absolute Gasteiger partial charge is 0.331 e. The highest BCUT2D eigenvalue weighted by Gasteiger charge is 2.35. The molecule has 1 aromatic carbocycles. The van der Waals surface area contributed by atoms with E-state index in [1.54, 1.807) is 0 Å². The first-order valence-electron chi connectivity index (χ1n) is 7.00. The van der Waals surface area contributed by atoms with Gasteiger partial charge >= 0.3 is 6.03 Å². The minimum absolute atomic E-state index is 0.0253. The van der Waals surface area contributed by atoms with Crippen LogP contribution in [-0.4, -0.2) is 35.9 Å². The molecule has 0 atom stereocenters. The van der Waals surface area contributed by atoms with Crippen LogP contribution in [0.4, 0.5) is 4.79 Å². The normalized spacial score (nSPS) is 16.4. The lowest BCUT2D eigenvalue weighted by Gasteiger charge is -2.25. The maximum Gasteiger partial charge on any atom is 0.331 e. The van der Waals surface area contributed by atoms with E-state index in [1.165, 1.54) is 12.2 Å². The summed E-state index contributed by atoms with van der Waals surface area (Å²) in [6, 6.07) is 3.00. The molecular weight excluding hydrogens is 538 g/mol. The van der Waals surface area contributed by atoms with Gasteiger partial charge in [0.15, 0.2) is 0 Å². The van der Waals surface area contributed by atoms with Crippen LogP contribution in [0.15, 0.2) is 30.4 Å². The van der Waals surface area contributed by atoms with Crippen molar-refractivity contribution in [3.8, 4) is 5.75 Å². The number of hydrogen-bond acceptors (Lipinski definition) is 4. The van der Waals surface area contributed by atoms with Gasteiger partial charge in [0.1, 0.15) is 11.3 Å². The van der Waals surface area contributed by atoms with Gasteiger partial charge in [-0.2, -0.15) is 0 Å². The lowest BCUT2D eigenvalue weighted by molar-refractivity contribution is -0.129. The zero-order valence-corrected chi connectivity index (χ0v) is 17.1. The number of benzene rings is 1. The Morgan fingerprint density at radius 2 is 2.00 bits per heavy atom. The molecule has 1 saturated heterocycles. The van der Waals surface area contributed by atoms with E-state index in [0.29, 0.717) is 17.9 Å². The second kappa shape index (κ2) is 8.10. The Morgan fingerprint density at radius 1 is 1.29 bits per heavy atom. The summed E-state index contributed by atoms with van der Waals surface area (Å²) in [4.78, 5) is 37.2. The number of carbonyl (C=O) groups is 3. The van der Waals surface area contributed by atoms with Crippen LogP contribution >= 0.6 is 45.2 Å². The van der Waals surface area contributed by atoms with Crippen LogP contribution < -0.4 is 10.1 Å². The SMILES string of the molecule is C=CCN1C(=O)NC(=O)C(=Cc2cc(I)cc(I)c2OCC)C1=O. The number of rotatable bonds is 5. The van der Waals surface area contributed by atoms with E-state index < -0.39 is 17.8 Å². The van der Waals surface area contributed by atoms with Crippen molar-refractivity contribution in [2.24, 2.45) is 0 Å². The third-order valence-electron chi connectivity index (χ3n) is 3.12. The van der Waals surface area contributed by atoms with Crippen LogP contribution in [-0.2, 0) is 9.59 Å². The molecule has 24 heavy (non-hydrogen) atoms. The van der Waals surface area contributed by atoms with Gasteiger partial charge in [0.25, 0.3) is 11.8 Å². The average molecular weight is 552 g/mol. The first-order chi connectivity index (χ1) is 11.4. The van der Waals surface area contributed by atoms with Gasteiger partial charge < -0.3 is 4.74 Å². The van der Waals surface area contributed by atoms with Crippen LogP contribution in [0, 0.1) is 7.14 Å². The molecule has 8 heteroatoms. The molecular formula is C16H14I2N2O4. The molecule has 126 valence electrons. The van der Waals surface area contributed by atoms with E-state index in [9.17, 15) is 14.4 Å². The molecule has 1 heterocycles. The van der Waals surface area contributed by atoms with Crippen molar-refractivity contribution in [1.29, 1.82) is 0 Å². The van der Waals surface area contributed by atoms with E-state index in [2.05, 4.69) is 57.1 Å². The maximum atomic E-state index is 12.5. The topological polar surface area (TPSA) is 75.7 Å². The molecule has 1 aliphatic rings. The largest absolute Gasteiger partial charge is 0.492 e. The Bertz CT molecular complexity index is 759. The van der Waals surface area contributed by atoms with Gasteiger partial charge in [-0.05, 0) is 70.3 Å². The number of ether oxygens (including phenoxy) is 1. The van der Waals surface area contributed by atoms with Crippen LogP contribution in [0.2, 0.25) is 0 Å². The molecule has 1 aromatic rings. The molecule has 0 bridgehead atoms. The number of urea groups is 1. The zero-order chi connectivity index (χ0) is 17.9. The number of imide groups is 2. The van der Waals surface area contributed by atoms with Crippen molar-refractivity contribution in [2.75, 3.05) is 13.2 Å². The molecule has 1 aliphatic heterocycles. The molecule has 0 radical (unpaired) electrons. The first-order valence-corrected chi connectivity index (χ1v) is 9.16. The van der Waals surface area contributed by atoms with Gasteiger partial charge in [-0.15, -0.1) is 6.58 Å². The van der Waals surface area contributed by atoms with E-state index >= 15 is 0 Å². The summed E-state index contributed by atoms with van der Waals surface area (Å²) < 4.78 is 7.45. The van der Waals surface area contributed by atoms with Crippen LogP contribution in [0.25, 0.3) is 6.08 Å². The van der Waals surface area contributed by atoms with Gasteiger partial charge in [-0.25, -0.2) is 4.79 Å². The molecule has 2 rings (SSSR count). The predicted octanol–water partition coefficient (Wildman–Crippen LogP) is 2.94. The van der Waals surface area contributed by atoms with Crippen molar-refractivity contribution in [3.63, 3.8) is 0 Å². The first kappa shape index (κ1) is 18.9. The lowest BCUT2D eigenvalue weighted by Crippen LogP contribution is -2.54. The molecule has 0 aliphatic carbocycles. The second-order valence-electron chi connectivity index (χ2n) is 4.76. The Kier molecular flexibility index (Phi) is 6.38. The van der Waals surface area contributed by atoms with Crippen molar-refractivity contribution < 1.29 is 19.1 Å². The number of nitrogens with one attached hydrogen (secondary N) is 1. The summed E-state index contributed by atoms with van der Waals surface area (Å²) in [6.45, 7) is 5.85. The average Bonchev–Trinajstić information content (AvgIpc) is 2.51. The monoisotopic (exact) mass is 552 g/mol. The Labute approximate surface area is 166 Å². The fourth-order valence-corrected chi connectivity index (χ4v) is 4.17. The number of hydrogen-bond donors (Lipinski definition) is 1. The minimum Gasteiger partial charge on any atom is -0.492 e. The molecule has 6 nitrogen and oxygen atoms in total. The van der Waals surface area contributed by atoms with Crippen LogP contribution in [0.5, 0.6) is 5.75 Å². The number of halogens is 2. The highest BCUT2D eigenvalue weighted by Crippen LogP contribution is 2.31. The molecule has 0 spiro atoms. The van der Waals surface area contributed by atoms with E-state index in [0.717, 1.165) is 12.0 Å². The maximum absolute atomic E-state index is 12.5. The number of nitrogens with zero attached hydrogens (tertiary/aromatic N) is 1. The predicted molar refractivity (Wildman–Crippen MR) is 106 cm³/mol. The van der Waals surface area contributed by atoms with Crippen molar-refractivity contribution in [1.82, 2.24) is 10.2 Å². The fourth-order valence-electron chi connectivity index (χ4n) is 2.13. The van der Waals surface area contributed by atoms with Gasteiger partial charge in [0.2, 0.25) is 0 Å². The molecule has 1 fully saturated rings. The third-order valence-corrected chi connectivity index (χ3v) is 4.55. The minimum atomic E-state index is -0.746. The van der Waals surface area contributed by atoms with Gasteiger partial charge in [0, 0.05) is 15.7 Å². The van der Waals surface area contributed by atoms with Crippen LogP contribution in [0.3, 0.4) is 0 Å². The highest BCUT2D eigenvalue weighted by atomic mass is 127. The van der Waals surface area contributed by atoms with Crippen molar-refractivity contribution in [3.05, 3.63) is 43.1 Å².